The molecule has 1 aromatic heterocycles. The number of nitrogens with zero attached hydrogens (tertiary/aromatic N) is 1. The quantitative estimate of drug-likeness (QED) is 0.683. The second-order valence-corrected chi connectivity index (χ2v) is 7.67. The van der Waals surface area contributed by atoms with E-state index in [4.69, 9.17) is 4.74 Å². The van der Waals surface area contributed by atoms with Gasteiger partial charge in [-0.15, -0.1) is 0 Å². The van der Waals surface area contributed by atoms with Crippen LogP contribution < -0.4 is 10.3 Å². The minimum absolute atomic E-state index is 0.132. The fraction of sp³-hybridized carbons (Fsp3) is 0.333. The van der Waals surface area contributed by atoms with Crippen LogP contribution in [0, 0.1) is 3.57 Å². The van der Waals surface area contributed by atoms with E-state index in [-0.39, 0.29) is 11.0 Å². The number of methoxy groups -OCH3 is 1. The van der Waals surface area contributed by atoms with E-state index in [0.717, 1.165) is 15.7 Å². The summed E-state index contributed by atoms with van der Waals surface area (Å²) in [7, 11) is 1.60. The molecule has 1 aromatic carbocycles. The number of rotatable bonds is 2. The van der Waals surface area contributed by atoms with E-state index < -0.39 is 0 Å². The van der Waals surface area contributed by atoms with Crippen LogP contribution in [0.15, 0.2) is 27.5 Å². The second kappa shape index (κ2) is 6.08. The van der Waals surface area contributed by atoms with E-state index >= 15 is 0 Å². The van der Waals surface area contributed by atoms with Crippen molar-refractivity contribution in [1.82, 2.24) is 9.97 Å². The molecule has 0 aliphatic heterocycles. The molecule has 1 heterocycles. The summed E-state index contributed by atoms with van der Waals surface area (Å²) < 4.78 is 6.89. The van der Waals surface area contributed by atoms with E-state index in [1.807, 2.05) is 61.6 Å². The largest absolute Gasteiger partial charge is 0.496 e. The van der Waals surface area contributed by atoms with Crippen LogP contribution in [-0.4, -0.2) is 17.1 Å². The molecule has 0 spiro atoms. The molecular formula is C15H16BrIN2O2. The number of aromatic amines is 1. The standard InChI is InChI=1S/C15H16BrIN2O2/c1-15(2,3)12-11(17)14(20)19-13(18-12)9-7-8(16)5-6-10(9)21-4/h5-7H,1-4H3,(H,18,19,20). The predicted molar refractivity (Wildman–Crippen MR) is 96.0 cm³/mol. The van der Waals surface area contributed by atoms with Crippen molar-refractivity contribution in [3.63, 3.8) is 0 Å². The maximum Gasteiger partial charge on any atom is 0.264 e. The fourth-order valence-corrected chi connectivity index (χ4v) is 3.37. The van der Waals surface area contributed by atoms with Gasteiger partial charge in [0.1, 0.15) is 15.1 Å². The Morgan fingerprint density at radius 1 is 1.33 bits per heavy atom. The number of ether oxygens (including phenoxy) is 1. The Balaban J connectivity index is 2.74. The highest BCUT2D eigenvalue weighted by molar-refractivity contribution is 14.1. The third-order valence-electron chi connectivity index (χ3n) is 2.99. The summed E-state index contributed by atoms with van der Waals surface area (Å²) in [5.74, 6) is 1.19. The summed E-state index contributed by atoms with van der Waals surface area (Å²) in [6, 6.07) is 5.61. The SMILES string of the molecule is COc1ccc(Br)cc1-c1nc(C(C)(C)C)c(I)c(=O)[nH]1. The normalized spacial score (nSPS) is 11.5. The molecule has 0 saturated heterocycles. The van der Waals surface area contributed by atoms with Gasteiger partial charge in [-0.3, -0.25) is 4.79 Å². The van der Waals surface area contributed by atoms with Crippen LogP contribution >= 0.6 is 38.5 Å². The molecule has 0 saturated carbocycles. The van der Waals surface area contributed by atoms with Crippen LogP contribution in [-0.2, 0) is 5.41 Å². The van der Waals surface area contributed by atoms with Crippen LogP contribution in [0.25, 0.3) is 11.4 Å². The highest BCUT2D eigenvalue weighted by Crippen LogP contribution is 2.32. The van der Waals surface area contributed by atoms with Gasteiger partial charge in [-0.25, -0.2) is 4.98 Å². The molecular weight excluding hydrogens is 447 g/mol. The summed E-state index contributed by atoms with van der Waals surface area (Å²) in [4.78, 5) is 19.7. The number of benzene rings is 1. The van der Waals surface area contributed by atoms with Gasteiger partial charge in [-0.1, -0.05) is 36.7 Å². The lowest BCUT2D eigenvalue weighted by molar-refractivity contribution is 0.416. The van der Waals surface area contributed by atoms with Gasteiger partial charge in [0.25, 0.3) is 5.56 Å². The van der Waals surface area contributed by atoms with Crippen LogP contribution in [0.4, 0.5) is 0 Å². The van der Waals surface area contributed by atoms with Gasteiger partial charge in [0.2, 0.25) is 0 Å². The van der Waals surface area contributed by atoms with Crippen molar-refractivity contribution in [3.8, 4) is 17.1 Å². The zero-order valence-corrected chi connectivity index (χ0v) is 16.0. The zero-order valence-electron chi connectivity index (χ0n) is 12.3. The van der Waals surface area contributed by atoms with Crippen LogP contribution in [0.2, 0.25) is 0 Å². The molecule has 21 heavy (non-hydrogen) atoms. The Bertz CT molecular complexity index is 735. The number of H-pyrrole nitrogens is 1. The van der Waals surface area contributed by atoms with Crippen molar-refractivity contribution >= 4 is 38.5 Å². The first-order valence-electron chi connectivity index (χ1n) is 6.38. The van der Waals surface area contributed by atoms with Crippen molar-refractivity contribution in [2.45, 2.75) is 26.2 Å². The summed E-state index contributed by atoms with van der Waals surface area (Å²) in [6.07, 6.45) is 0. The van der Waals surface area contributed by atoms with Crippen molar-refractivity contribution in [2.24, 2.45) is 0 Å². The Morgan fingerprint density at radius 2 is 2.00 bits per heavy atom. The van der Waals surface area contributed by atoms with Gasteiger partial charge in [-0.2, -0.15) is 0 Å². The van der Waals surface area contributed by atoms with Gasteiger partial charge >= 0.3 is 0 Å². The van der Waals surface area contributed by atoms with Gasteiger partial charge < -0.3 is 9.72 Å². The number of nitrogens with one attached hydrogen (secondary N) is 1. The second-order valence-electron chi connectivity index (χ2n) is 5.67. The number of aromatic nitrogens is 2. The van der Waals surface area contributed by atoms with E-state index in [1.165, 1.54) is 0 Å². The van der Waals surface area contributed by atoms with Gasteiger partial charge in [0.15, 0.2) is 0 Å². The van der Waals surface area contributed by atoms with Gasteiger partial charge in [0, 0.05) is 9.89 Å². The molecule has 0 unspecified atom stereocenters. The molecule has 2 aromatic rings. The molecule has 2 rings (SSSR count). The minimum Gasteiger partial charge on any atom is -0.496 e. The summed E-state index contributed by atoms with van der Waals surface area (Å²) in [5.41, 5.74) is 1.20. The van der Waals surface area contributed by atoms with Gasteiger partial charge in [0.05, 0.1) is 18.4 Å². The Hall–Kier alpha value is -0.890. The summed E-state index contributed by atoms with van der Waals surface area (Å²) in [5, 5.41) is 0. The van der Waals surface area contributed by atoms with E-state index in [0.29, 0.717) is 15.1 Å². The summed E-state index contributed by atoms with van der Waals surface area (Å²) >= 11 is 5.48. The van der Waals surface area contributed by atoms with E-state index in [1.54, 1.807) is 7.11 Å². The molecule has 4 nitrogen and oxygen atoms in total. The first-order valence-corrected chi connectivity index (χ1v) is 8.25. The zero-order chi connectivity index (χ0) is 15.8. The third-order valence-corrected chi connectivity index (χ3v) is 4.48. The Kier molecular flexibility index (Phi) is 4.77. The fourth-order valence-electron chi connectivity index (χ4n) is 1.95. The lowest BCUT2D eigenvalue weighted by Crippen LogP contribution is -2.24. The average Bonchev–Trinajstić information content (AvgIpc) is 2.40. The summed E-state index contributed by atoms with van der Waals surface area (Å²) in [6.45, 7) is 6.12. The van der Waals surface area contributed by atoms with Crippen molar-refractivity contribution in [2.75, 3.05) is 7.11 Å². The molecule has 0 amide bonds. The van der Waals surface area contributed by atoms with Crippen LogP contribution in [0.1, 0.15) is 26.5 Å². The molecule has 0 bridgehead atoms. The van der Waals surface area contributed by atoms with Crippen LogP contribution in [0.3, 0.4) is 0 Å². The number of hydrogen-bond acceptors (Lipinski definition) is 3. The first-order chi connectivity index (χ1) is 9.74. The van der Waals surface area contributed by atoms with Crippen LogP contribution in [0.5, 0.6) is 5.75 Å². The van der Waals surface area contributed by atoms with E-state index in [9.17, 15) is 4.79 Å². The maximum absolute atomic E-state index is 12.2. The predicted octanol–water partition coefficient (Wildman–Crippen LogP) is 4.11. The monoisotopic (exact) mass is 462 g/mol. The molecule has 0 atom stereocenters. The third kappa shape index (κ3) is 3.48. The molecule has 112 valence electrons. The van der Waals surface area contributed by atoms with Crippen molar-refractivity contribution < 1.29 is 4.74 Å². The molecule has 0 radical (unpaired) electrons. The highest BCUT2D eigenvalue weighted by atomic mass is 127. The lowest BCUT2D eigenvalue weighted by atomic mass is 9.92. The van der Waals surface area contributed by atoms with E-state index in [2.05, 4.69) is 25.9 Å². The Labute approximate surface area is 145 Å². The van der Waals surface area contributed by atoms with Crippen molar-refractivity contribution in [1.29, 1.82) is 0 Å². The molecule has 0 aliphatic carbocycles. The Morgan fingerprint density at radius 3 is 2.57 bits per heavy atom. The number of hydrogen-bond donors (Lipinski definition) is 1. The average molecular weight is 463 g/mol. The maximum atomic E-state index is 12.2. The lowest BCUT2D eigenvalue weighted by Gasteiger charge is -2.20. The molecule has 0 fully saturated rings. The molecule has 1 N–H and O–H groups in total. The topological polar surface area (TPSA) is 55.0 Å². The highest BCUT2D eigenvalue weighted by Gasteiger charge is 2.23. The first kappa shape index (κ1) is 16.5. The smallest absolute Gasteiger partial charge is 0.264 e. The van der Waals surface area contributed by atoms with Gasteiger partial charge in [-0.05, 0) is 40.8 Å². The molecule has 0 aliphatic rings. The number of halogens is 2. The van der Waals surface area contributed by atoms with Crippen molar-refractivity contribution in [3.05, 3.63) is 42.3 Å². The molecule has 6 heteroatoms. The minimum atomic E-state index is -0.210.